The van der Waals surface area contributed by atoms with Gasteiger partial charge in [0.05, 0.1) is 23.4 Å². The number of nitrogen functional groups attached to an aromatic ring is 2. The summed E-state index contributed by atoms with van der Waals surface area (Å²) in [4.78, 5) is 14.0. The lowest BCUT2D eigenvalue weighted by atomic mass is 10.0. The van der Waals surface area contributed by atoms with Gasteiger partial charge in [0.2, 0.25) is 5.95 Å². The minimum atomic E-state index is -1.29. The standard InChI is InChI=1S/C22H18FN9O/c1-11(28-19-16(10-25)18(26)30-22(27)31-19)20-29-17-6-5-13(23)8-15(17)21(33)32(20)14-4-2-3-12(7-14)9-24/h2-8,11,21,33H,1H3,(H5,26,27,28,30,31). The number of nitriles is 2. The van der Waals surface area contributed by atoms with Gasteiger partial charge in [-0.3, -0.25) is 4.90 Å². The molecule has 10 nitrogen and oxygen atoms in total. The smallest absolute Gasteiger partial charge is 0.224 e. The SMILES string of the molecule is CC(Nc1nc(N)nc(N)c1C#N)C1=Nc2ccc(F)cc2C(O)N1c1cccc(C#N)c1. The molecule has 2 aromatic carbocycles. The number of fused-ring (bicyclic) bond motifs is 1. The van der Waals surface area contributed by atoms with E-state index in [4.69, 9.17) is 11.5 Å². The molecule has 4 rings (SSSR count). The Bertz CT molecular complexity index is 1360. The number of hydrogen-bond donors (Lipinski definition) is 4. The molecule has 0 saturated heterocycles. The summed E-state index contributed by atoms with van der Waals surface area (Å²) in [7, 11) is 0. The van der Waals surface area contributed by atoms with Crippen LogP contribution in [0.15, 0.2) is 47.5 Å². The van der Waals surface area contributed by atoms with Gasteiger partial charge in [0.15, 0.2) is 12.0 Å². The van der Waals surface area contributed by atoms with Crippen LogP contribution in [0.2, 0.25) is 0 Å². The van der Waals surface area contributed by atoms with E-state index >= 15 is 0 Å². The average molecular weight is 443 g/mol. The number of aliphatic imine (C=N–C) groups is 1. The topological polar surface area (TPSA) is 173 Å². The Morgan fingerprint density at radius 1 is 1.15 bits per heavy atom. The Kier molecular flexibility index (Phi) is 5.48. The zero-order chi connectivity index (χ0) is 23.7. The summed E-state index contributed by atoms with van der Waals surface area (Å²) < 4.78 is 13.9. The fourth-order valence-corrected chi connectivity index (χ4v) is 3.56. The maximum atomic E-state index is 13.9. The van der Waals surface area contributed by atoms with Crippen LogP contribution in [0.1, 0.15) is 29.8 Å². The number of nitrogens with two attached hydrogens (primary N) is 2. The Morgan fingerprint density at radius 3 is 2.67 bits per heavy atom. The van der Waals surface area contributed by atoms with Gasteiger partial charge >= 0.3 is 0 Å². The van der Waals surface area contributed by atoms with E-state index in [1.54, 1.807) is 31.2 Å². The number of amidine groups is 1. The lowest BCUT2D eigenvalue weighted by Crippen LogP contribution is -2.45. The molecule has 11 heteroatoms. The minimum absolute atomic E-state index is 0.00788. The molecule has 2 atom stereocenters. The average Bonchev–Trinajstić information content (AvgIpc) is 2.79. The first-order chi connectivity index (χ1) is 15.8. The Morgan fingerprint density at radius 2 is 1.94 bits per heavy atom. The van der Waals surface area contributed by atoms with E-state index in [-0.39, 0.29) is 28.7 Å². The third-order valence-electron chi connectivity index (χ3n) is 5.05. The summed E-state index contributed by atoms with van der Waals surface area (Å²) in [6, 6.07) is 13.8. The first-order valence-electron chi connectivity index (χ1n) is 9.77. The number of benzene rings is 2. The molecule has 6 N–H and O–H groups in total. The molecule has 0 aliphatic carbocycles. The highest BCUT2D eigenvalue weighted by Crippen LogP contribution is 2.38. The lowest BCUT2D eigenvalue weighted by molar-refractivity contribution is 0.185. The number of aromatic nitrogens is 2. The second kappa shape index (κ2) is 8.42. The maximum absolute atomic E-state index is 13.9. The number of aliphatic hydroxyl groups excluding tert-OH is 1. The third-order valence-corrected chi connectivity index (χ3v) is 5.05. The van der Waals surface area contributed by atoms with Crippen molar-refractivity contribution in [3.63, 3.8) is 0 Å². The number of nitrogens with one attached hydrogen (secondary N) is 1. The number of rotatable bonds is 4. The molecule has 1 aliphatic heterocycles. The van der Waals surface area contributed by atoms with Crippen LogP contribution in [0.5, 0.6) is 0 Å². The molecule has 0 fully saturated rings. The van der Waals surface area contributed by atoms with Crippen molar-refractivity contribution < 1.29 is 9.50 Å². The van der Waals surface area contributed by atoms with Crippen molar-refractivity contribution in [2.24, 2.45) is 4.99 Å². The minimum Gasteiger partial charge on any atom is -0.382 e. The summed E-state index contributed by atoms with van der Waals surface area (Å²) in [5.74, 6) is -0.288. The first kappa shape index (κ1) is 21.5. The van der Waals surface area contributed by atoms with E-state index in [1.165, 1.54) is 23.1 Å². The molecule has 2 heterocycles. The van der Waals surface area contributed by atoms with Crippen LogP contribution < -0.4 is 21.7 Å². The van der Waals surface area contributed by atoms with Gasteiger partial charge in [-0.25, -0.2) is 9.38 Å². The molecule has 0 saturated carbocycles. The molecule has 164 valence electrons. The van der Waals surface area contributed by atoms with Crippen LogP contribution in [-0.2, 0) is 0 Å². The monoisotopic (exact) mass is 443 g/mol. The van der Waals surface area contributed by atoms with E-state index in [0.717, 1.165) is 0 Å². The molecule has 0 amide bonds. The summed E-state index contributed by atoms with van der Waals surface area (Å²) in [6.07, 6.45) is -1.29. The first-order valence-corrected chi connectivity index (χ1v) is 9.77. The predicted molar refractivity (Wildman–Crippen MR) is 121 cm³/mol. The number of halogens is 1. The molecule has 0 bridgehead atoms. The molecule has 1 aliphatic rings. The van der Waals surface area contributed by atoms with Crippen LogP contribution in [0.25, 0.3) is 0 Å². The normalized spacial score (nSPS) is 15.6. The van der Waals surface area contributed by atoms with E-state index in [1.807, 2.05) is 6.07 Å². The van der Waals surface area contributed by atoms with Crippen LogP contribution in [0.3, 0.4) is 0 Å². The van der Waals surface area contributed by atoms with Crippen molar-refractivity contribution in [1.82, 2.24) is 9.97 Å². The molecule has 1 aromatic heterocycles. The zero-order valence-corrected chi connectivity index (χ0v) is 17.4. The van der Waals surface area contributed by atoms with Crippen LogP contribution in [-0.4, -0.2) is 27.0 Å². The summed E-state index contributed by atoms with van der Waals surface area (Å²) in [5.41, 5.74) is 13.0. The maximum Gasteiger partial charge on any atom is 0.224 e. The Balaban J connectivity index is 1.83. The van der Waals surface area contributed by atoms with Crippen molar-refractivity contribution in [2.45, 2.75) is 19.2 Å². The predicted octanol–water partition coefficient (Wildman–Crippen LogP) is 2.57. The van der Waals surface area contributed by atoms with E-state index in [2.05, 4.69) is 26.3 Å². The van der Waals surface area contributed by atoms with Crippen LogP contribution in [0, 0.1) is 28.5 Å². The Hall–Kier alpha value is -4.74. The van der Waals surface area contributed by atoms with Crippen molar-refractivity contribution in [2.75, 3.05) is 21.7 Å². The van der Waals surface area contributed by atoms with E-state index < -0.39 is 18.1 Å². The van der Waals surface area contributed by atoms with Gasteiger partial charge in [0.1, 0.15) is 29.1 Å². The van der Waals surface area contributed by atoms with Crippen molar-refractivity contribution in [3.8, 4) is 12.1 Å². The van der Waals surface area contributed by atoms with Gasteiger partial charge < -0.3 is 21.9 Å². The number of aliphatic hydroxyl groups is 1. The second-order valence-corrected chi connectivity index (χ2v) is 7.25. The fraction of sp³-hybridized carbons (Fsp3) is 0.136. The van der Waals surface area contributed by atoms with E-state index in [0.29, 0.717) is 22.8 Å². The second-order valence-electron chi connectivity index (χ2n) is 7.25. The van der Waals surface area contributed by atoms with Crippen molar-refractivity contribution >= 4 is 34.8 Å². The Labute approximate surface area is 188 Å². The largest absolute Gasteiger partial charge is 0.382 e. The highest BCUT2D eigenvalue weighted by molar-refractivity contribution is 6.06. The molecular weight excluding hydrogens is 425 g/mol. The van der Waals surface area contributed by atoms with Gasteiger partial charge in [-0.2, -0.15) is 20.5 Å². The molecular formula is C22H18FN9O. The zero-order valence-electron chi connectivity index (χ0n) is 17.4. The van der Waals surface area contributed by atoms with Crippen molar-refractivity contribution in [1.29, 1.82) is 10.5 Å². The summed E-state index contributed by atoms with van der Waals surface area (Å²) in [5, 5.41) is 33.0. The molecule has 0 radical (unpaired) electrons. The molecule has 33 heavy (non-hydrogen) atoms. The van der Waals surface area contributed by atoms with Gasteiger partial charge in [-0.1, -0.05) is 6.07 Å². The van der Waals surface area contributed by atoms with Gasteiger partial charge in [0.25, 0.3) is 0 Å². The summed E-state index contributed by atoms with van der Waals surface area (Å²) >= 11 is 0. The molecule has 2 unspecified atom stereocenters. The number of anilines is 4. The van der Waals surface area contributed by atoms with Gasteiger partial charge in [0, 0.05) is 11.3 Å². The highest BCUT2D eigenvalue weighted by atomic mass is 19.1. The van der Waals surface area contributed by atoms with Crippen LogP contribution >= 0.6 is 0 Å². The number of hydrogen-bond acceptors (Lipinski definition) is 10. The van der Waals surface area contributed by atoms with Crippen molar-refractivity contribution in [3.05, 3.63) is 65.0 Å². The molecule has 3 aromatic rings. The van der Waals surface area contributed by atoms with E-state index in [9.17, 15) is 20.0 Å². The lowest BCUT2D eigenvalue weighted by Gasteiger charge is -2.37. The van der Waals surface area contributed by atoms with Gasteiger partial charge in [-0.05, 0) is 43.3 Å². The summed E-state index contributed by atoms with van der Waals surface area (Å²) in [6.45, 7) is 1.73. The number of nitrogens with zero attached hydrogens (tertiary/aromatic N) is 6. The van der Waals surface area contributed by atoms with Crippen LogP contribution in [0.4, 0.5) is 33.3 Å². The molecule has 0 spiro atoms. The fourth-order valence-electron chi connectivity index (χ4n) is 3.56. The quantitative estimate of drug-likeness (QED) is 0.472. The highest BCUT2D eigenvalue weighted by Gasteiger charge is 2.33. The van der Waals surface area contributed by atoms with Gasteiger partial charge in [-0.15, -0.1) is 0 Å². The third kappa shape index (κ3) is 3.96.